The smallest absolute Gasteiger partial charge is 0.251 e. The lowest BCUT2D eigenvalue weighted by atomic mass is 10.1. The van der Waals surface area contributed by atoms with Gasteiger partial charge in [0.1, 0.15) is 0 Å². The predicted molar refractivity (Wildman–Crippen MR) is 63.6 cm³/mol. The van der Waals surface area contributed by atoms with Gasteiger partial charge in [0.05, 0.1) is 10.9 Å². The van der Waals surface area contributed by atoms with Crippen LogP contribution in [0.15, 0.2) is 29.2 Å². The molecule has 0 aliphatic rings. The fourth-order valence-electron chi connectivity index (χ4n) is 1.33. The second-order valence-corrected chi connectivity index (χ2v) is 5.75. The van der Waals surface area contributed by atoms with Crippen LogP contribution in [-0.2, 0) is 21.1 Å². The van der Waals surface area contributed by atoms with Crippen LogP contribution >= 0.6 is 0 Å². The number of nitrogens with two attached hydrogens (primary N) is 2. The van der Waals surface area contributed by atoms with Crippen molar-refractivity contribution in [3.8, 4) is 0 Å². The van der Waals surface area contributed by atoms with Gasteiger partial charge in [-0.2, -0.15) is 0 Å². The Hall–Kier alpha value is -1.44. The molecule has 1 atom stereocenters. The number of carbonyl (C=O) groups is 1. The summed E-state index contributed by atoms with van der Waals surface area (Å²) in [6.07, 6.45) is 1.43. The molecule has 0 radical (unpaired) electrons. The zero-order valence-corrected chi connectivity index (χ0v) is 10.2. The Morgan fingerprint density at radius 1 is 1.35 bits per heavy atom. The first-order chi connectivity index (χ1) is 7.84. The van der Waals surface area contributed by atoms with E-state index in [1.54, 1.807) is 12.1 Å². The predicted octanol–water partition coefficient (Wildman–Crippen LogP) is -1.05. The number of carbonyl (C=O) groups excluding carboxylic acids is 1. The summed E-state index contributed by atoms with van der Waals surface area (Å²) in [5.41, 5.74) is 8.31. The van der Waals surface area contributed by atoms with E-state index >= 15 is 0 Å². The van der Waals surface area contributed by atoms with Crippen LogP contribution in [0.5, 0.6) is 0 Å². The summed E-state index contributed by atoms with van der Waals surface area (Å²) in [7, 11) is -3.20. The van der Waals surface area contributed by atoms with E-state index < -0.39 is 21.8 Å². The van der Waals surface area contributed by atoms with Crippen LogP contribution in [0, 0.1) is 0 Å². The second-order valence-electron chi connectivity index (χ2n) is 3.74. The van der Waals surface area contributed by atoms with E-state index in [1.807, 2.05) is 5.43 Å². The molecule has 0 heterocycles. The van der Waals surface area contributed by atoms with Gasteiger partial charge in [0, 0.05) is 6.26 Å². The minimum Gasteiger partial charge on any atom is -0.320 e. The number of hydrogen-bond donors (Lipinski definition) is 3. The summed E-state index contributed by atoms with van der Waals surface area (Å²) in [5, 5.41) is 0. The number of hydrogen-bond acceptors (Lipinski definition) is 5. The molecule has 7 heteroatoms. The Morgan fingerprint density at radius 3 is 2.29 bits per heavy atom. The highest BCUT2D eigenvalue weighted by Crippen LogP contribution is 2.11. The molecule has 6 nitrogen and oxygen atoms in total. The third kappa shape index (κ3) is 3.81. The molecule has 5 N–H and O–H groups in total. The molecule has 1 aromatic carbocycles. The van der Waals surface area contributed by atoms with Gasteiger partial charge in [-0.3, -0.25) is 10.2 Å². The Kier molecular flexibility index (Phi) is 4.22. The van der Waals surface area contributed by atoms with Crippen molar-refractivity contribution in [3.63, 3.8) is 0 Å². The average molecular weight is 257 g/mol. The lowest BCUT2D eigenvalue weighted by Crippen LogP contribution is -2.45. The average Bonchev–Trinajstić information content (AvgIpc) is 2.27. The van der Waals surface area contributed by atoms with Gasteiger partial charge in [0.25, 0.3) is 5.91 Å². The quantitative estimate of drug-likeness (QED) is 0.361. The van der Waals surface area contributed by atoms with Gasteiger partial charge in [-0.25, -0.2) is 14.3 Å². The third-order valence-corrected chi connectivity index (χ3v) is 3.41. The van der Waals surface area contributed by atoms with Gasteiger partial charge in [0.2, 0.25) is 0 Å². The maximum Gasteiger partial charge on any atom is 0.251 e. The Bertz CT molecular complexity index is 496. The molecular formula is C10H15N3O3S. The van der Waals surface area contributed by atoms with Gasteiger partial charge in [-0.15, -0.1) is 0 Å². The van der Waals surface area contributed by atoms with E-state index in [0.29, 0.717) is 6.42 Å². The maximum atomic E-state index is 11.2. The van der Waals surface area contributed by atoms with Crippen molar-refractivity contribution in [1.29, 1.82) is 0 Å². The standard InChI is InChI=1S/C10H15N3O3S/c1-17(15,16)8-4-2-7(3-5-8)6-9(11)10(14)13-12/h2-5,9H,6,11-12H2,1H3,(H,13,14). The van der Waals surface area contributed by atoms with Crippen LogP contribution < -0.4 is 17.0 Å². The van der Waals surface area contributed by atoms with Crippen LogP contribution in [0.2, 0.25) is 0 Å². The van der Waals surface area contributed by atoms with E-state index in [2.05, 4.69) is 0 Å². The molecule has 0 bridgehead atoms. The minimum absolute atomic E-state index is 0.234. The first-order valence-electron chi connectivity index (χ1n) is 4.89. The largest absolute Gasteiger partial charge is 0.320 e. The fraction of sp³-hybridized carbons (Fsp3) is 0.300. The van der Waals surface area contributed by atoms with Crippen molar-refractivity contribution in [3.05, 3.63) is 29.8 Å². The molecular weight excluding hydrogens is 242 g/mol. The maximum absolute atomic E-state index is 11.2. The summed E-state index contributed by atoms with van der Waals surface area (Å²) in [5.74, 6) is 4.49. The van der Waals surface area contributed by atoms with Crippen LogP contribution in [0.1, 0.15) is 5.56 Å². The van der Waals surface area contributed by atoms with Gasteiger partial charge in [-0.05, 0) is 24.1 Å². The molecule has 1 aromatic rings. The molecule has 0 aliphatic carbocycles. The Labute approximate surface area is 99.9 Å². The van der Waals surface area contributed by atoms with E-state index in [4.69, 9.17) is 11.6 Å². The van der Waals surface area contributed by atoms with Crippen molar-refractivity contribution < 1.29 is 13.2 Å². The lowest BCUT2D eigenvalue weighted by molar-refractivity contribution is -0.122. The normalized spacial score (nSPS) is 13.1. The van der Waals surface area contributed by atoms with E-state index in [-0.39, 0.29) is 4.90 Å². The number of nitrogens with one attached hydrogen (secondary N) is 1. The van der Waals surface area contributed by atoms with Gasteiger partial charge in [-0.1, -0.05) is 12.1 Å². The summed E-state index contributed by atoms with van der Waals surface area (Å²) < 4.78 is 22.4. The van der Waals surface area contributed by atoms with E-state index in [0.717, 1.165) is 11.8 Å². The van der Waals surface area contributed by atoms with Crippen LogP contribution in [0.3, 0.4) is 0 Å². The number of benzene rings is 1. The topological polar surface area (TPSA) is 115 Å². The first-order valence-corrected chi connectivity index (χ1v) is 6.79. The van der Waals surface area contributed by atoms with Crippen LogP contribution in [0.4, 0.5) is 0 Å². The van der Waals surface area contributed by atoms with Gasteiger partial charge in [0.15, 0.2) is 9.84 Å². The highest BCUT2D eigenvalue weighted by atomic mass is 32.2. The number of sulfone groups is 1. The molecule has 94 valence electrons. The molecule has 0 aromatic heterocycles. The monoisotopic (exact) mass is 257 g/mol. The summed E-state index contributed by atoms with van der Waals surface area (Å²) in [6, 6.07) is 5.47. The summed E-state index contributed by atoms with van der Waals surface area (Å²) in [6.45, 7) is 0. The van der Waals surface area contributed by atoms with Gasteiger partial charge < -0.3 is 5.73 Å². The van der Waals surface area contributed by atoms with Crippen LogP contribution in [0.25, 0.3) is 0 Å². The van der Waals surface area contributed by atoms with Crippen molar-refractivity contribution in [2.24, 2.45) is 11.6 Å². The second kappa shape index (κ2) is 5.26. The van der Waals surface area contributed by atoms with Gasteiger partial charge >= 0.3 is 0 Å². The number of rotatable bonds is 4. The van der Waals surface area contributed by atoms with Crippen molar-refractivity contribution in [2.75, 3.05) is 6.26 Å². The zero-order valence-electron chi connectivity index (χ0n) is 9.38. The highest BCUT2D eigenvalue weighted by molar-refractivity contribution is 7.90. The molecule has 0 saturated carbocycles. The Morgan fingerprint density at radius 2 is 1.88 bits per heavy atom. The van der Waals surface area contributed by atoms with Crippen molar-refractivity contribution in [2.45, 2.75) is 17.4 Å². The molecule has 0 fully saturated rings. The first kappa shape index (κ1) is 13.6. The summed E-state index contributed by atoms with van der Waals surface area (Å²) in [4.78, 5) is 11.3. The highest BCUT2D eigenvalue weighted by Gasteiger charge is 2.13. The van der Waals surface area contributed by atoms with E-state index in [1.165, 1.54) is 12.1 Å². The minimum atomic E-state index is -3.20. The molecule has 0 spiro atoms. The molecule has 0 aliphatic heterocycles. The summed E-state index contributed by atoms with van der Waals surface area (Å²) >= 11 is 0. The Balaban J connectivity index is 2.79. The van der Waals surface area contributed by atoms with Crippen molar-refractivity contribution >= 4 is 15.7 Å². The van der Waals surface area contributed by atoms with E-state index in [9.17, 15) is 13.2 Å². The lowest BCUT2D eigenvalue weighted by Gasteiger charge is -2.09. The van der Waals surface area contributed by atoms with Crippen LogP contribution in [-0.4, -0.2) is 26.6 Å². The van der Waals surface area contributed by atoms with Crippen molar-refractivity contribution in [1.82, 2.24) is 5.43 Å². The number of hydrazine groups is 1. The molecule has 1 unspecified atom stereocenters. The third-order valence-electron chi connectivity index (χ3n) is 2.29. The number of amides is 1. The molecule has 1 rings (SSSR count). The molecule has 17 heavy (non-hydrogen) atoms. The fourth-order valence-corrected chi connectivity index (χ4v) is 1.96. The molecule has 0 saturated heterocycles. The zero-order chi connectivity index (χ0) is 13.1. The SMILES string of the molecule is CS(=O)(=O)c1ccc(CC(N)C(=O)NN)cc1. The molecule has 1 amide bonds.